The summed E-state index contributed by atoms with van der Waals surface area (Å²) in [6.45, 7) is 0.297. The molecule has 0 aliphatic heterocycles. The van der Waals surface area contributed by atoms with E-state index < -0.39 is 11.9 Å². The molecular weight excluding hydrogens is 410 g/mol. The Morgan fingerprint density at radius 1 is 1.14 bits per heavy atom. The van der Waals surface area contributed by atoms with Crippen molar-refractivity contribution in [2.45, 2.75) is 25.5 Å². The van der Waals surface area contributed by atoms with Gasteiger partial charge in [0.05, 0.1) is 12.1 Å². The Bertz CT molecular complexity index is 961. The van der Waals surface area contributed by atoms with Crippen LogP contribution < -0.4 is 15.8 Å². The summed E-state index contributed by atoms with van der Waals surface area (Å²) in [6.07, 6.45) is 0.412. The van der Waals surface area contributed by atoms with Crippen molar-refractivity contribution in [3.05, 3.63) is 81.3 Å². The molecule has 0 aliphatic carbocycles. The van der Waals surface area contributed by atoms with Gasteiger partial charge >= 0.3 is 0 Å². The normalized spacial score (nSPS) is 11.6. The minimum Gasteiger partial charge on any atom is -0.486 e. The predicted molar refractivity (Wildman–Crippen MR) is 113 cm³/mol. The number of rotatable bonds is 9. The van der Waals surface area contributed by atoms with Gasteiger partial charge in [-0.05, 0) is 29.8 Å². The summed E-state index contributed by atoms with van der Waals surface area (Å²) in [5.74, 6) is -0.188. The van der Waals surface area contributed by atoms with Gasteiger partial charge in [0.1, 0.15) is 23.4 Å². The number of thiazole rings is 1. The van der Waals surface area contributed by atoms with E-state index in [2.05, 4.69) is 10.3 Å². The number of hydrogen-bond acceptors (Lipinski definition) is 5. The van der Waals surface area contributed by atoms with Crippen LogP contribution in [0.25, 0.3) is 0 Å². The van der Waals surface area contributed by atoms with Crippen LogP contribution in [0.1, 0.15) is 16.3 Å². The lowest BCUT2D eigenvalue weighted by molar-refractivity contribution is -0.127. The Morgan fingerprint density at radius 2 is 1.86 bits per heavy atom. The molecule has 0 spiro atoms. The third-order valence-electron chi connectivity index (χ3n) is 4.08. The Kier molecular flexibility index (Phi) is 7.21. The fraction of sp³-hybridized carbons (Fsp3) is 0.190. The van der Waals surface area contributed by atoms with Gasteiger partial charge in [-0.3, -0.25) is 9.59 Å². The molecule has 3 rings (SSSR count). The molecule has 1 unspecified atom stereocenters. The maximum atomic E-state index is 12.3. The lowest BCUT2D eigenvalue weighted by atomic mass is 10.1. The summed E-state index contributed by atoms with van der Waals surface area (Å²) in [5, 5.41) is 5.88. The van der Waals surface area contributed by atoms with Crippen LogP contribution in [0.2, 0.25) is 5.02 Å². The number of aromatic nitrogens is 1. The molecule has 29 heavy (non-hydrogen) atoms. The van der Waals surface area contributed by atoms with Crippen molar-refractivity contribution in [3.63, 3.8) is 0 Å². The van der Waals surface area contributed by atoms with Crippen LogP contribution in [0.5, 0.6) is 5.75 Å². The van der Waals surface area contributed by atoms with Gasteiger partial charge in [-0.25, -0.2) is 4.98 Å². The smallest absolute Gasteiger partial charge is 0.240 e. The highest BCUT2D eigenvalue weighted by Gasteiger charge is 2.19. The molecular formula is C21H20ClN3O3S. The number of nitrogens with two attached hydrogens (primary N) is 1. The monoisotopic (exact) mass is 429 g/mol. The number of nitrogens with one attached hydrogen (secondary N) is 1. The van der Waals surface area contributed by atoms with Gasteiger partial charge in [0.15, 0.2) is 0 Å². The largest absolute Gasteiger partial charge is 0.486 e. The van der Waals surface area contributed by atoms with E-state index in [1.165, 1.54) is 11.3 Å². The van der Waals surface area contributed by atoms with E-state index >= 15 is 0 Å². The van der Waals surface area contributed by atoms with Crippen LogP contribution in [-0.2, 0) is 29.0 Å². The standard InChI is InChI=1S/C21H20ClN3O3S/c22-15-6-8-17(9-7-15)28-12-20-24-16(13-29-20)11-19(26)25-18(21(23)27)10-14-4-2-1-3-5-14/h1-9,13,18H,10-12H2,(H2,23,27)(H,25,26). The highest BCUT2D eigenvalue weighted by Crippen LogP contribution is 2.18. The molecule has 2 amide bonds. The molecule has 0 aliphatic rings. The predicted octanol–water partition coefficient (Wildman–Crippen LogP) is 3.13. The van der Waals surface area contributed by atoms with Crippen LogP contribution in [0, 0.1) is 0 Å². The summed E-state index contributed by atoms with van der Waals surface area (Å²) in [5.41, 5.74) is 6.98. The maximum absolute atomic E-state index is 12.3. The molecule has 1 heterocycles. The van der Waals surface area contributed by atoms with Crippen molar-refractivity contribution >= 4 is 34.8 Å². The first-order valence-corrected chi connectivity index (χ1v) is 10.2. The Hall–Kier alpha value is -2.90. The molecule has 0 radical (unpaired) electrons. The molecule has 0 saturated heterocycles. The lowest BCUT2D eigenvalue weighted by Crippen LogP contribution is -2.46. The number of benzene rings is 2. The molecule has 1 aromatic heterocycles. The van der Waals surface area contributed by atoms with Crippen LogP contribution in [-0.4, -0.2) is 22.8 Å². The molecule has 2 aromatic carbocycles. The van der Waals surface area contributed by atoms with E-state index in [1.54, 1.807) is 29.6 Å². The second-order valence-corrected chi connectivity index (χ2v) is 7.74. The van der Waals surface area contributed by atoms with Gasteiger partial charge < -0.3 is 15.8 Å². The third-order valence-corrected chi connectivity index (χ3v) is 5.20. The van der Waals surface area contributed by atoms with Crippen LogP contribution in [0.4, 0.5) is 0 Å². The van der Waals surface area contributed by atoms with Crippen molar-refractivity contribution in [1.82, 2.24) is 10.3 Å². The molecule has 150 valence electrons. The first kappa shape index (κ1) is 20.8. The van der Waals surface area contributed by atoms with E-state index in [1.807, 2.05) is 30.3 Å². The molecule has 6 nitrogen and oxygen atoms in total. The van der Waals surface area contributed by atoms with E-state index in [0.717, 1.165) is 10.6 Å². The summed E-state index contributed by atoms with van der Waals surface area (Å²) >= 11 is 7.26. The zero-order valence-corrected chi connectivity index (χ0v) is 17.1. The number of primary amides is 1. The van der Waals surface area contributed by atoms with Gasteiger partial charge in [-0.1, -0.05) is 41.9 Å². The van der Waals surface area contributed by atoms with Crippen molar-refractivity contribution in [2.75, 3.05) is 0 Å². The first-order valence-electron chi connectivity index (χ1n) is 8.94. The highest BCUT2D eigenvalue weighted by molar-refractivity contribution is 7.09. The van der Waals surface area contributed by atoms with E-state index in [-0.39, 0.29) is 12.3 Å². The fourth-order valence-electron chi connectivity index (χ4n) is 2.65. The number of amides is 2. The minimum absolute atomic E-state index is 0.0655. The average Bonchev–Trinajstić information content (AvgIpc) is 3.15. The number of carbonyl (C=O) groups excluding carboxylic acids is 2. The van der Waals surface area contributed by atoms with Crippen LogP contribution in [0.3, 0.4) is 0 Å². The topological polar surface area (TPSA) is 94.3 Å². The highest BCUT2D eigenvalue weighted by atomic mass is 35.5. The number of carbonyl (C=O) groups is 2. The van der Waals surface area contributed by atoms with Gasteiger partial charge in [0, 0.05) is 16.8 Å². The Balaban J connectivity index is 1.52. The quantitative estimate of drug-likeness (QED) is 0.546. The third kappa shape index (κ3) is 6.58. The molecule has 0 fully saturated rings. The van der Waals surface area contributed by atoms with Gasteiger partial charge in [0.25, 0.3) is 0 Å². The molecule has 0 saturated carbocycles. The number of nitrogens with zero attached hydrogens (tertiary/aromatic N) is 1. The molecule has 3 N–H and O–H groups in total. The summed E-state index contributed by atoms with van der Waals surface area (Å²) in [6, 6.07) is 15.7. The second kappa shape index (κ2) is 10.0. The number of hydrogen-bond donors (Lipinski definition) is 2. The molecule has 3 aromatic rings. The van der Waals surface area contributed by atoms with E-state index in [0.29, 0.717) is 29.5 Å². The SMILES string of the molecule is NC(=O)C(Cc1ccccc1)NC(=O)Cc1csc(COc2ccc(Cl)cc2)n1. The second-order valence-electron chi connectivity index (χ2n) is 6.36. The van der Waals surface area contributed by atoms with Crippen molar-refractivity contribution in [2.24, 2.45) is 5.73 Å². The number of halogens is 1. The molecule has 8 heteroatoms. The van der Waals surface area contributed by atoms with E-state index in [4.69, 9.17) is 22.1 Å². The summed E-state index contributed by atoms with van der Waals surface area (Å²) in [4.78, 5) is 28.5. The number of ether oxygens (including phenoxy) is 1. The van der Waals surface area contributed by atoms with Crippen LogP contribution in [0.15, 0.2) is 60.0 Å². The zero-order valence-electron chi connectivity index (χ0n) is 15.5. The van der Waals surface area contributed by atoms with Crippen molar-refractivity contribution < 1.29 is 14.3 Å². The van der Waals surface area contributed by atoms with Gasteiger partial charge in [-0.15, -0.1) is 11.3 Å². The lowest BCUT2D eigenvalue weighted by Gasteiger charge is -2.15. The zero-order chi connectivity index (χ0) is 20.6. The van der Waals surface area contributed by atoms with Crippen LogP contribution >= 0.6 is 22.9 Å². The maximum Gasteiger partial charge on any atom is 0.240 e. The van der Waals surface area contributed by atoms with Crippen molar-refractivity contribution in [3.8, 4) is 5.75 Å². The average molecular weight is 430 g/mol. The van der Waals surface area contributed by atoms with Gasteiger partial charge in [-0.2, -0.15) is 0 Å². The minimum atomic E-state index is -0.767. The Labute approximate surface area is 177 Å². The summed E-state index contributed by atoms with van der Waals surface area (Å²) in [7, 11) is 0. The first-order chi connectivity index (χ1) is 14.0. The molecule has 0 bridgehead atoms. The van der Waals surface area contributed by atoms with E-state index in [9.17, 15) is 9.59 Å². The van der Waals surface area contributed by atoms with Gasteiger partial charge in [0.2, 0.25) is 11.8 Å². The Morgan fingerprint density at radius 3 is 2.55 bits per heavy atom. The molecule has 1 atom stereocenters. The fourth-order valence-corrected chi connectivity index (χ4v) is 3.49. The summed E-state index contributed by atoms with van der Waals surface area (Å²) < 4.78 is 5.66. The van der Waals surface area contributed by atoms with Crippen molar-refractivity contribution in [1.29, 1.82) is 0 Å².